The molecule has 2 nitrogen and oxygen atoms in total. The second kappa shape index (κ2) is 5.05. The van der Waals surface area contributed by atoms with Gasteiger partial charge in [-0.15, -0.1) is 0 Å². The predicted molar refractivity (Wildman–Crippen MR) is 70.0 cm³/mol. The number of nitrogens with zero attached hydrogens (tertiary/aromatic N) is 1. The van der Waals surface area contributed by atoms with Crippen molar-refractivity contribution < 1.29 is 4.39 Å². The van der Waals surface area contributed by atoms with Crippen LogP contribution in [0.5, 0.6) is 0 Å². The van der Waals surface area contributed by atoms with Crippen LogP contribution < -0.4 is 10.2 Å². The lowest BCUT2D eigenvalue weighted by Gasteiger charge is -2.40. The van der Waals surface area contributed by atoms with Crippen LogP contribution in [0.3, 0.4) is 0 Å². The van der Waals surface area contributed by atoms with E-state index >= 15 is 0 Å². The first-order valence-electron chi connectivity index (χ1n) is 6.37. The Morgan fingerprint density at radius 3 is 2.82 bits per heavy atom. The monoisotopic (exact) mass is 236 g/mol. The molecule has 94 valence electrons. The van der Waals surface area contributed by atoms with Gasteiger partial charge in [-0.25, -0.2) is 4.39 Å². The molecule has 3 heteroatoms. The molecule has 1 fully saturated rings. The lowest BCUT2D eigenvalue weighted by Crippen LogP contribution is -2.55. The van der Waals surface area contributed by atoms with E-state index in [-0.39, 0.29) is 5.82 Å². The smallest absolute Gasteiger partial charge is 0.125 e. The fourth-order valence-electron chi connectivity index (χ4n) is 2.45. The molecule has 1 N–H and O–H groups in total. The van der Waals surface area contributed by atoms with Gasteiger partial charge in [0.2, 0.25) is 0 Å². The van der Waals surface area contributed by atoms with Crippen molar-refractivity contribution in [3.63, 3.8) is 0 Å². The maximum Gasteiger partial charge on any atom is 0.125 e. The van der Waals surface area contributed by atoms with Gasteiger partial charge in [-0.1, -0.05) is 6.92 Å². The summed E-state index contributed by atoms with van der Waals surface area (Å²) in [6.07, 6.45) is 1.11. The Hall–Kier alpha value is -1.09. The van der Waals surface area contributed by atoms with E-state index in [1.165, 1.54) is 0 Å². The molecule has 0 bridgehead atoms. The Morgan fingerprint density at radius 1 is 1.41 bits per heavy atom. The third kappa shape index (κ3) is 2.78. The third-order valence-electron chi connectivity index (χ3n) is 3.50. The fourth-order valence-corrected chi connectivity index (χ4v) is 2.45. The van der Waals surface area contributed by atoms with Crippen LogP contribution in [0.15, 0.2) is 18.2 Å². The molecule has 17 heavy (non-hydrogen) atoms. The second-order valence-electron chi connectivity index (χ2n) is 5.00. The summed E-state index contributed by atoms with van der Waals surface area (Å²) in [6.45, 7) is 8.23. The van der Waals surface area contributed by atoms with Gasteiger partial charge in [0, 0.05) is 30.9 Å². The zero-order valence-electron chi connectivity index (χ0n) is 10.8. The number of nitrogens with one attached hydrogen (secondary N) is 1. The lowest BCUT2D eigenvalue weighted by molar-refractivity contribution is 0.397. The number of piperazine rings is 1. The van der Waals surface area contributed by atoms with E-state index < -0.39 is 0 Å². The normalized spacial score (nSPS) is 25.1. The van der Waals surface area contributed by atoms with Crippen LogP contribution in [0.4, 0.5) is 10.1 Å². The molecule has 2 atom stereocenters. The first kappa shape index (κ1) is 12.4. The number of hydrogen-bond acceptors (Lipinski definition) is 2. The van der Waals surface area contributed by atoms with E-state index in [0.29, 0.717) is 12.1 Å². The SMILES string of the molecule is CCC1CN(c2cc(C)cc(F)c2)C(C)CN1. The molecule has 1 heterocycles. The molecule has 1 aromatic carbocycles. The Balaban J connectivity index is 2.24. The predicted octanol–water partition coefficient (Wildman–Crippen LogP) is 2.71. The molecule has 2 rings (SSSR count). The van der Waals surface area contributed by atoms with Crippen LogP contribution in [0.1, 0.15) is 25.8 Å². The summed E-state index contributed by atoms with van der Waals surface area (Å²) in [7, 11) is 0. The van der Waals surface area contributed by atoms with Crippen molar-refractivity contribution >= 4 is 5.69 Å². The van der Waals surface area contributed by atoms with Crippen LogP contribution in [0, 0.1) is 12.7 Å². The highest BCUT2D eigenvalue weighted by molar-refractivity contribution is 5.50. The molecule has 0 radical (unpaired) electrons. The van der Waals surface area contributed by atoms with Crippen molar-refractivity contribution in [3.05, 3.63) is 29.6 Å². The Bertz CT molecular complexity index is 372. The van der Waals surface area contributed by atoms with Crippen molar-refractivity contribution in [1.82, 2.24) is 5.32 Å². The summed E-state index contributed by atoms with van der Waals surface area (Å²) in [5.74, 6) is -0.140. The fraction of sp³-hybridized carbons (Fsp3) is 0.571. The molecule has 0 saturated carbocycles. The summed E-state index contributed by atoms with van der Waals surface area (Å²) in [4.78, 5) is 2.31. The maximum atomic E-state index is 13.4. The molecule has 0 aromatic heterocycles. The summed E-state index contributed by atoms with van der Waals surface area (Å²) < 4.78 is 13.4. The second-order valence-corrected chi connectivity index (χ2v) is 5.00. The van der Waals surface area contributed by atoms with Crippen molar-refractivity contribution in [3.8, 4) is 0 Å². The Labute approximate surface area is 103 Å². The van der Waals surface area contributed by atoms with Crippen molar-refractivity contribution in [2.75, 3.05) is 18.0 Å². The van der Waals surface area contributed by atoms with Gasteiger partial charge >= 0.3 is 0 Å². The topological polar surface area (TPSA) is 15.3 Å². The molecule has 1 aliphatic rings. The van der Waals surface area contributed by atoms with Crippen LogP contribution in [0.25, 0.3) is 0 Å². The minimum atomic E-state index is -0.140. The Morgan fingerprint density at radius 2 is 2.18 bits per heavy atom. The average molecular weight is 236 g/mol. The minimum Gasteiger partial charge on any atom is -0.366 e. The standard InChI is InChI=1S/C14H21FN2/c1-4-13-9-17(11(3)8-16-13)14-6-10(2)5-12(15)7-14/h5-7,11,13,16H,4,8-9H2,1-3H3. The van der Waals surface area contributed by atoms with Gasteiger partial charge in [0.15, 0.2) is 0 Å². The lowest BCUT2D eigenvalue weighted by atomic mass is 10.1. The zero-order chi connectivity index (χ0) is 12.4. The molecular weight excluding hydrogens is 215 g/mol. The largest absolute Gasteiger partial charge is 0.366 e. The van der Waals surface area contributed by atoms with E-state index in [9.17, 15) is 4.39 Å². The van der Waals surface area contributed by atoms with Gasteiger partial charge in [-0.3, -0.25) is 0 Å². The number of benzene rings is 1. The van der Waals surface area contributed by atoms with E-state index in [2.05, 4.69) is 30.1 Å². The van der Waals surface area contributed by atoms with E-state index in [1.807, 2.05) is 6.92 Å². The van der Waals surface area contributed by atoms with Crippen molar-refractivity contribution in [1.29, 1.82) is 0 Å². The van der Waals surface area contributed by atoms with Gasteiger partial charge in [0.25, 0.3) is 0 Å². The quantitative estimate of drug-likeness (QED) is 0.849. The van der Waals surface area contributed by atoms with Crippen LogP contribution in [-0.4, -0.2) is 25.2 Å². The molecule has 2 unspecified atom stereocenters. The van der Waals surface area contributed by atoms with E-state index in [4.69, 9.17) is 0 Å². The van der Waals surface area contributed by atoms with Crippen molar-refractivity contribution in [2.45, 2.75) is 39.3 Å². The Kier molecular flexibility index (Phi) is 3.67. The summed E-state index contributed by atoms with van der Waals surface area (Å²) >= 11 is 0. The van der Waals surface area contributed by atoms with Gasteiger partial charge < -0.3 is 10.2 Å². The van der Waals surface area contributed by atoms with Crippen molar-refractivity contribution in [2.24, 2.45) is 0 Å². The maximum absolute atomic E-state index is 13.4. The minimum absolute atomic E-state index is 0.140. The first-order valence-corrected chi connectivity index (χ1v) is 6.37. The van der Waals surface area contributed by atoms with E-state index in [0.717, 1.165) is 30.8 Å². The van der Waals surface area contributed by atoms with Gasteiger partial charge in [0.1, 0.15) is 5.82 Å². The molecular formula is C14H21FN2. The number of anilines is 1. The highest BCUT2D eigenvalue weighted by atomic mass is 19.1. The highest BCUT2D eigenvalue weighted by Gasteiger charge is 2.24. The summed E-state index contributed by atoms with van der Waals surface area (Å²) in [5, 5.41) is 3.51. The molecule has 1 saturated heterocycles. The van der Waals surface area contributed by atoms with E-state index in [1.54, 1.807) is 12.1 Å². The first-order chi connectivity index (χ1) is 8.10. The zero-order valence-corrected chi connectivity index (χ0v) is 10.8. The summed E-state index contributed by atoms with van der Waals surface area (Å²) in [6, 6.07) is 6.21. The van der Waals surface area contributed by atoms with Gasteiger partial charge in [-0.05, 0) is 44.0 Å². The van der Waals surface area contributed by atoms with Crippen LogP contribution in [-0.2, 0) is 0 Å². The molecule has 0 spiro atoms. The number of hydrogen-bond donors (Lipinski definition) is 1. The highest BCUT2D eigenvalue weighted by Crippen LogP contribution is 2.23. The molecule has 0 aliphatic carbocycles. The van der Waals surface area contributed by atoms with Crippen LogP contribution in [0.2, 0.25) is 0 Å². The molecule has 1 aliphatic heterocycles. The molecule has 0 amide bonds. The number of halogens is 1. The van der Waals surface area contributed by atoms with Gasteiger partial charge in [-0.2, -0.15) is 0 Å². The van der Waals surface area contributed by atoms with Crippen LogP contribution >= 0.6 is 0 Å². The number of aryl methyl sites for hydroxylation is 1. The average Bonchev–Trinajstić information content (AvgIpc) is 2.28. The third-order valence-corrected chi connectivity index (χ3v) is 3.50. The number of rotatable bonds is 2. The summed E-state index contributed by atoms with van der Waals surface area (Å²) in [5.41, 5.74) is 1.99. The van der Waals surface area contributed by atoms with Gasteiger partial charge in [0.05, 0.1) is 0 Å². The molecule has 1 aromatic rings.